The molecule has 0 heterocycles. The smallest absolute Gasteiger partial charge is 0.330 e. The van der Waals surface area contributed by atoms with Gasteiger partial charge in [-0.25, -0.2) is 4.79 Å². The van der Waals surface area contributed by atoms with Gasteiger partial charge in [0, 0.05) is 17.5 Å². The predicted molar refractivity (Wildman–Crippen MR) is 78.2 cm³/mol. The summed E-state index contributed by atoms with van der Waals surface area (Å²) < 4.78 is 15.3. The zero-order valence-electron chi connectivity index (χ0n) is 12.0. The molecule has 7 heteroatoms. The zero-order valence-corrected chi connectivity index (χ0v) is 12.0. The lowest BCUT2D eigenvalue weighted by Gasteiger charge is -2.10. The van der Waals surface area contributed by atoms with Crippen LogP contribution in [0.25, 0.3) is 16.5 Å². The van der Waals surface area contributed by atoms with E-state index in [-0.39, 0.29) is 0 Å². The van der Waals surface area contributed by atoms with Gasteiger partial charge in [0.15, 0.2) is 11.5 Å². The minimum absolute atomic E-state index is 0.376. The lowest BCUT2D eigenvalue weighted by molar-refractivity contribution is -0.134. The lowest BCUT2D eigenvalue weighted by Crippen LogP contribution is -2.01. The standard InChI is InChI=1S/C14H17N3O4/c1-19-12-6-4-11(5-7-14(18)20-2)10-13(12)21-9-3-8-16-17-15/h4-7,10H,3,8-9H2,1-2H3/b7-5+. The molecular formula is C14H17N3O4. The maximum atomic E-state index is 11.1. The molecular weight excluding hydrogens is 274 g/mol. The molecule has 0 unspecified atom stereocenters. The van der Waals surface area contributed by atoms with Crippen LogP contribution in [0.15, 0.2) is 29.4 Å². The molecule has 0 aliphatic rings. The number of methoxy groups -OCH3 is 2. The highest BCUT2D eigenvalue weighted by molar-refractivity contribution is 5.87. The molecule has 21 heavy (non-hydrogen) atoms. The quantitative estimate of drug-likeness (QED) is 0.184. The maximum absolute atomic E-state index is 11.1. The van der Waals surface area contributed by atoms with Crippen LogP contribution in [0.5, 0.6) is 11.5 Å². The maximum Gasteiger partial charge on any atom is 0.330 e. The third-order valence-corrected chi connectivity index (χ3v) is 2.52. The largest absolute Gasteiger partial charge is 0.493 e. The van der Waals surface area contributed by atoms with E-state index in [0.29, 0.717) is 31.1 Å². The van der Waals surface area contributed by atoms with Crippen LogP contribution >= 0.6 is 0 Å². The van der Waals surface area contributed by atoms with Gasteiger partial charge < -0.3 is 14.2 Å². The second-order valence-corrected chi connectivity index (χ2v) is 3.92. The van der Waals surface area contributed by atoms with Crippen molar-refractivity contribution in [3.05, 3.63) is 40.3 Å². The van der Waals surface area contributed by atoms with Gasteiger partial charge in [0.05, 0.1) is 20.8 Å². The van der Waals surface area contributed by atoms with Crippen molar-refractivity contribution < 1.29 is 19.0 Å². The van der Waals surface area contributed by atoms with E-state index in [0.717, 1.165) is 5.56 Å². The highest BCUT2D eigenvalue weighted by atomic mass is 16.5. The van der Waals surface area contributed by atoms with Crippen molar-refractivity contribution in [2.75, 3.05) is 27.4 Å². The zero-order chi connectivity index (χ0) is 15.5. The van der Waals surface area contributed by atoms with Crippen LogP contribution in [-0.2, 0) is 9.53 Å². The van der Waals surface area contributed by atoms with E-state index < -0.39 is 5.97 Å². The monoisotopic (exact) mass is 291 g/mol. The SMILES string of the molecule is COC(=O)/C=C/c1ccc(OC)c(OCCCN=[N+]=[N-])c1. The Balaban J connectivity index is 2.73. The van der Waals surface area contributed by atoms with Gasteiger partial charge in [0.1, 0.15) is 0 Å². The van der Waals surface area contributed by atoms with E-state index in [1.165, 1.54) is 13.2 Å². The average Bonchev–Trinajstić information content (AvgIpc) is 2.52. The van der Waals surface area contributed by atoms with E-state index in [2.05, 4.69) is 14.8 Å². The first-order chi connectivity index (χ1) is 10.2. The summed E-state index contributed by atoms with van der Waals surface area (Å²) >= 11 is 0. The third-order valence-electron chi connectivity index (χ3n) is 2.52. The predicted octanol–water partition coefficient (Wildman–Crippen LogP) is 2.96. The van der Waals surface area contributed by atoms with Crippen LogP contribution in [0.2, 0.25) is 0 Å². The number of hydrogen-bond acceptors (Lipinski definition) is 5. The minimum atomic E-state index is -0.428. The van der Waals surface area contributed by atoms with Gasteiger partial charge in [-0.15, -0.1) is 0 Å². The van der Waals surface area contributed by atoms with Crippen molar-refractivity contribution in [1.29, 1.82) is 0 Å². The molecule has 7 nitrogen and oxygen atoms in total. The van der Waals surface area contributed by atoms with Crippen LogP contribution in [0.3, 0.4) is 0 Å². The van der Waals surface area contributed by atoms with Gasteiger partial charge in [-0.2, -0.15) is 0 Å². The Bertz CT molecular complexity index is 551. The van der Waals surface area contributed by atoms with Gasteiger partial charge in [-0.3, -0.25) is 0 Å². The fraction of sp³-hybridized carbons (Fsp3) is 0.357. The summed E-state index contributed by atoms with van der Waals surface area (Å²) in [6.45, 7) is 0.778. The first-order valence-electron chi connectivity index (χ1n) is 6.29. The van der Waals surface area contributed by atoms with Crippen LogP contribution < -0.4 is 9.47 Å². The fourth-order valence-corrected chi connectivity index (χ4v) is 1.50. The van der Waals surface area contributed by atoms with Crippen molar-refractivity contribution in [2.45, 2.75) is 6.42 Å². The van der Waals surface area contributed by atoms with Crippen LogP contribution in [0.4, 0.5) is 0 Å². The van der Waals surface area contributed by atoms with Crippen molar-refractivity contribution in [3.63, 3.8) is 0 Å². The lowest BCUT2D eigenvalue weighted by atomic mass is 10.2. The Kier molecular flexibility index (Phi) is 7.24. The molecule has 0 amide bonds. The molecule has 0 bridgehead atoms. The number of nitrogens with zero attached hydrogens (tertiary/aromatic N) is 3. The first kappa shape index (κ1) is 16.4. The molecule has 0 saturated heterocycles. The van der Waals surface area contributed by atoms with Crippen LogP contribution in [-0.4, -0.2) is 33.3 Å². The molecule has 1 rings (SSSR count). The summed E-state index contributed by atoms with van der Waals surface area (Å²) in [5, 5.41) is 3.43. The highest BCUT2D eigenvalue weighted by Gasteiger charge is 2.05. The summed E-state index contributed by atoms with van der Waals surface area (Å²) in [6.07, 6.45) is 3.56. The van der Waals surface area contributed by atoms with E-state index in [1.54, 1.807) is 31.4 Å². The number of hydrogen-bond donors (Lipinski definition) is 0. The third kappa shape index (κ3) is 5.88. The molecule has 112 valence electrons. The van der Waals surface area contributed by atoms with Gasteiger partial charge in [-0.05, 0) is 35.7 Å². The number of azide groups is 1. The summed E-state index contributed by atoms with van der Waals surface area (Å²) in [4.78, 5) is 13.7. The van der Waals surface area contributed by atoms with E-state index in [9.17, 15) is 4.79 Å². The second-order valence-electron chi connectivity index (χ2n) is 3.92. The minimum Gasteiger partial charge on any atom is -0.493 e. The number of carbonyl (C=O) groups excluding carboxylic acids is 1. The molecule has 0 N–H and O–H groups in total. The fourth-order valence-electron chi connectivity index (χ4n) is 1.50. The first-order valence-corrected chi connectivity index (χ1v) is 6.29. The summed E-state index contributed by atoms with van der Waals surface area (Å²) in [5.41, 5.74) is 8.96. The second kappa shape index (κ2) is 9.28. The molecule has 0 saturated carbocycles. The molecule has 1 aromatic carbocycles. The highest BCUT2D eigenvalue weighted by Crippen LogP contribution is 2.28. The van der Waals surface area contributed by atoms with Crippen molar-refractivity contribution in [1.82, 2.24) is 0 Å². The number of carbonyl (C=O) groups is 1. The molecule has 0 atom stereocenters. The topological polar surface area (TPSA) is 93.5 Å². The van der Waals surface area contributed by atoms with Gasteiger partial charge in [0.25, 0.3) is 0 Å². The summed E-state index contributed by atoms with van der Waals surface area (Å²) in [7, 11) is 2.87. The van der Waals surface area contributed by atoms with E-state index >= 15 is 0 Å². The molecule has 0 fully saturated rings. The van der Waals surface area contributed by atoms with Crippen LogP contribution in [0.1, 0.15) is 12.0 Å². The van der Waals surface area contributed by atoms with Gasteiger partial charge in [-0.1, -0.05) is 11.2 Å². The number of benzene rings is 1. The van der Waals surface area contributed by atoms with Gasteiger partial charge >= 0.3 is 5.97 Å². The molecule has 0 aliphatic heterocycles. The van der Waals surface area contributed by atoms with Gasteiger partial charge in [0.2, 0.25) is 0 Å². The Labute approximate surface area is 122 Å². The Morgan fingerprint density at radius 1 is 1.38 bits per heavy atom. The number of ether oxygens (including phenoxy) is 3. The number of rotatable bonds is 8. The summed E-state index contributed by atoms with van der Waals surface area (Å²) in [6, 6.07) is 5.30. The van der Waals surface area contributed by atoms with Crippen LogP contribution in [0, 0.1) is 0 Å². The normalized spacial score (nSPS) is 10.0. The molecule has 0 aromatic heterocycles. The van der Waals surface area contributed by atoms with E-state index in [4.69, 9.17) is 15.0 Å². The molecule has 0 radical (unpaired) electrons. The number of esters is 1. The van der Waals surface area contributed by atoms with Crippen molar-refractivity contribution >= 4 is 12.0 Å². The van der Waals surface area contributed by atoms with E-state index in [1.807, 2.05) is 0 Å². The molecule has 0 spiro atoms. The Morgan fingerprint density at radius 2 is 2.19 bits per heavy atom. The molecule has 1 aromatic rings. The van der Waals surface area contributed by atoms with Crippen molar-refractivity contribution in [3.8, 4) is 11.5 Å². The average molecular weight is 291 g/mol. The molecule has 0 aliphatic carbocycles. The Morgan fingerprint density at radius 3 is 2.86 bits per heavy atom. The van der Waals surface area contributed by atoms with Crippen molar-refractivity contribution in [2.24, 2.45) is 5.11 Å². The summed E-state index contributed by atoms with van der Waals surface area (Å²) in [5.74, 6) is 0.724. The Hall–Kier alpha value is -2.66.